The van der Waals surface area contributed by atoms with Gasteiger partial charge in [0.1, 0.15) is 0 Å². The van der Waals surface area contributed by atoms with Crippen LogP contribution in [0.4, 0.5) is 35.1 Å². The van der Waals surface area contributed by atoms with Gasteiger partial charge in [-0.2, -0.15) is 26.3 Å². The van der Waals surface area contributed by atoms with Gasteiger partial charge in [0.2, 0.25) is 0 Å². The summed E-state index contributed by atoms with van der Waals surface area (Å²) < 4.78 is 101. The molecule has 0 amide bonds. The summed E-state index contributed by atoms with van der Waals surface area (Å²) in [5.74, 6) is 0. The van der Waals surface area contributed by atoms with E-state index >= 15 is 0 Å². The Morgan fingerprint density at radius 3 is 1.17 bits per heavy atom. The molecule has 0 aromatic heterocycles. The van der Waals surface area contributed by atoms with E-state index in [0.717, 1.165) is 0 Å². The fraction of sp³-hybridized carbons (Fsp3) is 1.00. The van der Waals surface area contributed by atoms with E-state index in [1.165, 1.54) is 0 Å². The van der Waals surface area contributed by atoms with E-state index in [2.05, 4.69) is 9.47 Å². The molecule has 0 fully saturated rings. The van der Waals surface area contributed by atoms with Crippen molar-refractivity contribution in [2.45, 2.75) is 37.9 Å². The molecule has 0 bridgehead atoms. The third-order valence-electron chi connectivity index (χ3n) is 1.58. The number of rotatable bonds is 7. The van der Waals surface area contributed by atoms with Gasteiger partial charge in [-0.15, -0.1) is 0 Å². The first-order valence-corrected chi connectivity index (χ1v) is 4.70. The van der Waals surface area contributed by atoms with Gasteiger partial charge < -0.3 is 9.47 Å². The highest BCUT2D eigenvalue weighted by molar-refractivity contribution is 4.55. The second-order valence-corrected chi connectivity index (χ2v) is 3.16. The SMILES string of the molecule is FC(OCCCCOC(F)C(F)(F)F)C(F)(F)F. The molecule has 0 saturated heterocycles. The van der Waals surface area contributed by atoms with Crippen molar-refractivity contribution in [3.8, 4) is 0 Å². The van der Waals surface area contributed by atoms with E-state index < -0.39 is 38.3 Å². The molecule has 2 nitrogen and oxygen atoms in total. The minimum atomic E-state index is -5.14. The summed E-state index contributed by atoms with van der Waals surface area (Å²) in [5.41, 5.74) is 0. The number of alkyl halides is 8. The van der Waals surface area contributed by atoms with Gasteiger partial charge in [-0.1, -0.05) is 0 Å². The minimum absolute atomic E-state index is 0.193. The molecule has 2 unspecified atom stereocenters. The summed E-state index contributed by atoms with van der Waals surface area (Å²) in [6, 6.07) is 0. The zero-order valence-corrected chi connectivity index (χ0v) is 8.82. The van der Waals surface area contributed by atoms with E-state index in [4.69, 9.17) is 0 Å². The van der Waals surface area contributed by atoms with Crippen LogP contribution in [0.1, 0.15) is 12.8 Å². The van der Waals surface area contributed by atoms with E-state index in [9.17, 15) is 35.1 Å². The van der Waals surface area contributed by atoms with E-state index in [-0.39, 0.29) is 12.8 Å². The van der Waals surface area contributed by atoms with Gasteiger partial charge in [0.15, 0.2) is 0 Å². The molecular formula is C8H10F8O2. The molecule has 2 atom stereocenters. The summed E-state index contributed by atoms with van der Waals surface area (Å²) in [4.78, 5) is 0. The Labute approximate surface area is 96.8 Å². The largest absolute Gasteiger partial charge is 0.445 e. The third-order valence-corrected chi connectivity index (χ3v) is 1.58. The predicted octanol–water partition coefficient (Wildman–Crippen LogP) is 3.52. The quantitative estimate of drug-likeness (QED) is 0.527. The summed E-state index contributed by atoms with van der Waals surface area (Å²) in [6.07, 6.45) is -17.6. The van der Waals surface area contributed by atoms with Crippen LogP contribution in [0.5, 0.6) is 0 Å². The lowest BCUT2D eigenvalue weighted by Crippen LogP contribution is -2.28. The van der Waals surface area contributed by atoms with Crippen LogP contribution in [-0.4, -0.2) is 38.3 Å². The van der Waals surface area contributed by atoms with Crippen molar-refractivity contribution in [3.05, 3.63) is 0 Å². The van der Waals surface area contributed by atoms with Gasteiger partial charge in [0.25, 0.3) is 12.7 Å². The fourth-order valence-electron chi connectivity index (χ4n) is 0.767. The zero-order chi connectivity index (χ0) is 14.4. The first-order chi connectivity index (χ1) is 8.05. The summed E-state index contributed by atoms with van der Waals surface area (Å²) in [7, 11) is 0. The summed E-state index contributed by atoms with van der Waals surface area (Å²) >= 11 is 0. The normalized spacial score (nSPS) is 16.7. The topological polar surface area (TPSA) is 18.5 Å². The van der Waals surface area contributed by atoms with Crippen molar-refractivity contribution in [2.75, 3.05) is 13.2 Å². The van der Waals surface area contributed by atoms with Gasteiger partial charge in [-0.3, -0.25) is 0 Å². The Kier molecular flexibility index (Phi) is 6.82. The number of hydrogen-bond donors (Lipinski definition) is 0. The maximum absolute atomic E-state index is 12.1. The van der Waals surface area contributed by atoms with Gasteiger partial charge in [-0.25, -0.2) is 8.78 Å². The van der Waals surface area contributed by atoms with Crippen LogP contribution in [0.2, 0.25) is 0 Å². The average Bonchev–Trinajstić information content (AvgIpc) is 2.19. The van der Waals surface area contributed by atoms with Crippen molar-refractivity contribution >= 4 is 0 Å². The second kappa shape index (κ2) is 7.07. The van der Waals surface area contributed by atoms with Crippen LogP contribution in [0.25, 0.3) is 0 Å². The molecule has 0 N–H and O–H groups in total. The number of halogens is 8. The molecule has 0 radical (unpaired) electrons. The summed E-state index contributed by atoms with van der Waals surface area (Å²) in [5, 5.41) is 0. The lowest BCUT2D eigenvalue weighted by molar-refractivity contribution is -0.268. The smallest absolute Gasteiger partial charge is 0.341 e. The maximum Gasteiger partial charge on any atom is 0.445 e. The molecule has 0 aromatic rings. The number of unbranched alkanes of at least 4 members (excludes halogenated alkanes) is 1. The van der Waals surface area contributed by atoms with Crippen LogP contribution in [0, 0.1) is 0 Å². The van der Waals surface area contributed by atoms with Gasteiger partial charge in [0, 0.05) is 0 Å². The van der Waals surface area contributed by atoms with Crippen molar-refractivity contribution in [2.24, 2.45) is 0 Å². The van der Waals surface area contributed by atoms with Crippen LogP contribution in [-0.2, 0) is 9.47 Å². The van der Waals surface area contributed by atoms with Gasteiger partial charge in [-0.05, 0) is 12.8 Å². The fourth-order valence-corrected chi connectivity index (χ4v) is 0.767. The molecular weight excluding hydrogens is 280 g/mol. The molecule has 0 aliphatic rings. The average molecular weight is 290 g/mol. The highest BCUT2D eigenvalue weighted by atomic mass is 19.4. The Bertz CT molecular complexity index is 202. The van der Waals surface area contributed by atoms with E-state index in [1.54, 1.807) is 0 Å². The van der Waals surface area contributed by atoms with Gasteiger partial charge in [0.05, 0.1) is 13.2 Å². The van der Waals surface area contributed by atoms with Crippen LogP contribution in [0.3, 0.4) is 0 Å². The number of ether oxygens (including phenoxy) is 2. The van der Waals surface area contributed by atoms with E-state index in [1.807, 2.05) is 0 Å². The highest BCUT2D eigenvalue weighted by Gasteiger charge is 2.42. The molecule has 0 spiro atoms. The van der Waals surface area contributed by atoms with Crippen molar-refractivity contribution < 1.29 is 44.6 Å². The Hall–Kier alpha value is -0.640. The van der Waals surface area contributed by atoms with Gasteiger partial charge >= 0.3 is 12.4 Å². The Balaban J connectivity index is 3.53. The molecule has 0 rings (SSSR count). The monoisotopic (exact) mass is 290 g/mol. The summed E-state index contributed by atoms with van der Waals surface area (Å²) in [6.45, 7) is -1.32. The van der Waals surface area contributed by atoms with Crippen LogP contribution >= 0.6 is 0 Å². The lowest BCUT2D eigenvalue weighted by Gasteiger charge is -2.14. The predicted molar refractivity (Wildman–Crippen MR) is 43.0 cm³/mol. The third kappa shape index (κ3) is 7.64. The first-order valence-electron chi connectivity index (χ1n) is 4.70. The Morgan fingerprint density at radius 2 is 0.944 bits per heavy atom. The molecule has 110 valence electrons. The minimum Gasteiger partial charge on any atom is -0.341 e. The molecule has 0 aromatic carbocycles. The zero-order valence-electron chi connectivity index (χ0n) is 8.82. The van der Waals surface area contributed by atoms with Crippen LogP contribution < -0.4 is 0 Å². The molecule has 18 heavy (non-hydrogen) atoms. The molecule has 0 aliphatic carbocycles. The van der Waals surface area contributed by atoms with Crippen LogP contribution in [0.15, 0.2) is 0 Å². The second-order valence-electron chi connectivity index (χ2n) is 3.16. The first kappa shape index (κ1) is 17.4. The lowest BCUT2D eigenvalue weighted by atomic mass is 10.3. The molecule has 0 aliphatic heterocycles. The highest BCUT2D eigenvalue weighted by Crippen LogP contribution is 2.25. The molecule has 10 heteroatoms. The van der Waals surface area contributed by atoms with Crippen molar-refractivity contribution in [3.63, 3.8) is 0 Å². The maximum atomic E-state index is 12.1. The van der Waals surface area contributed by atoms with Crippen molar-refractivity contribution in [1.29, 1.82) is 0 Å². The Morgan fingerprint density at radius 1 is 0.667 bits per heavy atom. The molecule has 0 heterocycles. The molecule has 0 saturated carbocycles. The van der Waals surface area contributed by atoms with Crippen molar-refractivity contribution in [1.82, 2.24) is 0 Å². The van der Waals surface area contributed by atoms with E-state index in [0.29, 0.717) is 0 Å². The standard InChI is InChI=1S/C8H10F8O2/c9-5(7(11,12)13)17-3-1-2-4-18-6(10)8(14,15)16/h5-6H,1-4H2. The number of hydrogen-bond acceptors (Lipinski definition) is 2.